The summed E-state index contributed by atoms with van der Waals surface area (Å²) in [6, 6.07) is 19.2. The fourth-order valence-electron chi connectivity index (χ4n) is 7.34. The number of likely N-dealkylation sites (tertiary alicyclic amines) is 2. The van der Waals surface area contributed by atoms with E-state index in [1.807, 2.05) is 37.7 Å². The van der Waals surface area contributed by atoms with E-state index in [2.05, 4.69) is 95.5 Å². The lowest BCUT2D eigenvalue weighted by Gasteiger charge is -2.19. The zero-order valence-electron chi connectivity index (χ0n) is 29.4. The molecule has 5 aromatic rings. The zero-order valence-corrected chi connectivity index (χ0v) is 29.4. The van der Waals surface area contributed by atoms with Gasteiger partial charge in [-0.1, -0.05) is 43.0 Å². The largest absolute Gasteiger partial charge is 0.392 e. The minimum absolute atomic E-state index is 0.237. The summed E-state index contributed by atoms with van der Waals surface area (Å²) in [5, 5.41) is 18.2. The Bertz CT molecular complexity index is 2050. The Balaban J connectivity index is 1.11. The molecular weight excluding hydrogens is 619 g/mol. The maximum Gasteiger partial charge on any atom is 0.156 e. The summed E-state index contributed by atoms with van der Waals surface area (Å²) in [5.41, 5.74) is 12.4. The van der Waals surface area contributed by atoms with Gasteiger partial charge >= 0.3 is 0 Å². The molecule has 0 aliphatic carbocycles. The number of anilines is 3. The van der Waals surface area contributed by atoms with Crippen molar-refractivity contribution in [3.05, 3.63) is 119 Å². The summed E-state index contributed by atoms with van der Waals surface area (Å²) in [6.07, 6.45) is 13.1. The minimum Gasteiger partial charge on any atom is -0.392 e. The van der Waals surface area contributed by atoms with Gasteiger partial charge in [0.15, 0.2) is 5.82 Å². The molecule has 50 heavy (non-hydrogen) atoms. The zero-order chi connectivity index (χ0) is 34.6. The Kier molecular flexibility index (Phi) is 10.0. The van der Waals surface area contributed by atoms with Crippen LogP contribution in [0.5, 0.6) is 0 Å². The topological polar surface area (TPSA) is 89.4 Å². The lowest BCUT2D eigenvalue weighted by Crippen LogP contribution is -2.21. The third kappa shape index (κ3) is 7.33. The number of rotatable bonds is 11. The quantitative estimate of drug-likeness (QED) is 0.130. The van der Waals surface area contributed by atoms with E-state index in [4.69, 9.17) is 15.0 Å². The number of allylic oxidation sites excluding steroid dienone is 1. The number of nitrogens with one attached hydrogen (secondary N) is 2. The van der Waals surface area contributed by atoms with Gasteiger partial charge in [-0.3, -0.25) is 19.8 Å². The van der Waals surface area contributed by atoms with Gasteiger partial charge in [0.2, 0.25) is 0 Å². The van der Waals surface area contributed by atoms with Crippen LogP contribution >= 0.6 is 0 Å². The van der Waals surface area contributed by atoms with Crippen molar-refractivity contribution in [2.24, 2.45) is 0 Å². The Morgan fingerprint density at radius 1 is 0.880 bits per heavy atom. The second-order valence-corrected chi connectivity index (χ2v) is 13.7. The van der Waals surface area contributed by atoms with E-state index in [0.717, 1.165) is 98.9 Å². The van der Waals surface area contributed by atoms with E-state index in [1.54, 1.807) is 0 Å². The van der Waals surface area contributed by atoms with Crippen LogP contribution in [0.1, 0.15) is 59.7 Å². The van der Waals surface area contributed by atoms with Crippen molar-refractivity contribution in [1.29, 1.82) is 0 Å². The smallest absolute Gasteiger partial charge is 0.156 e. The number of aliphatic hydroxyl groups excluding tert-OH is 1. The van der Waals surface area contributed by atoms with E-state index in [9.17, 15) is 5.11 Å². The van der Waals surface area contributed by atoms with Gasteiger partial charge in [0.1, 0.15) is 5.52 Å². The SMILES string of the molecule is C=C(Nc1cccc(-c2cccc(Nc3nccc4cc(CN5CCCC5)cnc34)c2C)c1C)c1ncc(CN2CCC(O)C2)cc1/C=C\C. The van der Waals surface area contributed by atoms with Crippen molar-refractivity contribution in [3.8, 4) is 11.1 Å². The predicted octanol–water partition coefficient (Wildman–Crippen LogP) is 8.33. The summed E-state index contributed by atoms with van der Waals surface area (Å²) < 4.78 is 0. The normalized spacial score (nSPS) is 16.8. The van der Waals surface area contributed by atoms with Crippen LogP contribution < -0.4 is 10.6 Å². The van der Waals surface area contributed by atoms with Gasteiger partial charge in [0, 0.05) is 67.1 Å². The van der Waals surface area contributed by atoms with Crippen LogP contribution in [0.3, 0.4) is 0 Å². The van der Waals surface area contributed by atoms with Crippen LogP contribution in [0.25, 0.3) is 33.8 Å². The molecule has 0 bridgehead atoms. The summed E-state index contributed by atoms with van der Waals surface area (Å²) in [4.78, 5) is 19.2. The van der Waals surface area contributed by atoms with Gasteiger partial charge in [-0.05, 0) is 117 Å². The molecule has 2 saturated heterocycles. The highest BCUT2D eigenvalue weighted by molar-refractivity contribution is 5.91. The van der Waals surface area contributed by atoms with Gasteiger partial charge in [-0.25, -0.2) is 4.98 Å². The Hall–Kier alpha value is -4.89. The van der Waals surface area contributed by atoms with E-state index in [0.29, 0.717) is 6.54 Å². The molecule has 3 N–H and O–H groups in total. The number of aliphatic hydroxyl groups is 1. The lowest BCUT2D eigenvalue weighted by atomic mass is 9.94. The molecule has 0 saturated carbocycles. The molecule has 1 atom stereocenters. The summed E-state index contributed by atoms with van der Waals surface area (Å²) in [5.74, 6) is 0.757. The molecule has 2 aliphatic rings. The fraction of sp³-hybridized carbons (Fsp3) is 0.310. The van der Waals surface area contributed by atoms with Gasteiger partial charge < -0.3 is 15.7 Å². The molecule has 0 spiro atoms. The van der Waals surface area contributed by atoms with Crippen molar-refractivity contribution >= 4 is 39.9 Å². The van der Waals surface area contributed by atoms with Crippen LogP contribution in [0.4, 0.5) is 17.2 Å². The number of nitrogens with zero attached hydrogens (tertiary/aromatic N) is 5. The molecule has 5 heterocycles. The minimum atomic E-state index is -0.237. The van der Waals surface area contributed by atoms with E-state index >= 15 is 0 Å². The molecule has 7 rings (SSSR count). The second kappa shape index (κ2) is 14.9. The van der Waals surface area contributed by atoms with Gasteiger partial charge in [-0.2, -0.15) is 0 Å². The Labute approximate surface area is 295 Å². The fourth-order valence-corrected chi connectivity index (χ4v) is 7.34. The number of pyridine rings is 3. The first-order chi connectivity index (χ1) is 24.4. The standard InChI is InChI=1S/C42H47N7O/c1-5-10-33-21-32(26-49-20-16-35(50)27-49)23-44-40(33)30(4)46-38-13-8-11-36(28(38)2)37-12-9-14-39(29(37)3)47-42-41-34(15-17-43-42)22-31(24-45-41)25-48-18-6-7-19-48/h5,8-15,17,21-24,35,46,50H,4,6-7,16,18-20,25-27H2,1-3H3,(H,43,47)/b10-5-. The number of hydrogen-bond donors (Lipinski definition) is 3. The summed E-state index contributed by atoms with van der Waals surface area (Å²) in [7, 11) is 0. The molecule has 8 nitrogen and oxygen atoms in total. The van der Waals surface area contributed by atoms with Crippen molar-refractivity contribution in [2.75, 3.05) is 36.8 Å². The maximum atomic E-state index is 9.96. The average Bonchev–Trinajstić information content (AvgIpc) is 3.78. The highest BCUT2D eigenvalue weighted by Crippen LogP contribution is 2.36. The highest BCUT2D eigenvalue weighted by atomic mass is 16.3. The molecule has 8 heteroatoms. The monoisotopic (exact) mass is 665 g/mol. The van der Waals surface area contributed by atoms with Crippen molar-refractivity contribution in [3.63, 3.8) is 0 Å². The number of fused-ring (bicyclic) bond motifs is 1. The first-order valence-corrected chi connectivity index (χ1v) is 17.8. The summed E-state index contributed by atoms with van der Waals surface area (Å²) >= 11 is 0. The Morgan fingerprint density at radius 2 is 1.58 bits per heavy atom. The third-order valence-electron chi connectivity index (χ3n) is 10.0. The molecule has 1 unspecified atom stereocenters. The first-order valence-electron chi connectivity index (χ1n) is 17.8. The van der Waals surface area contributed by atoms with Crippen LogP contribution in [0.2, 0.25) is 0 Å². The molecule has 2 aliphatic heterocycles. The van der Waals surface area contributed by atoms with Crippen LogP contribution in [-0.2, 0) is 13.1 Å². The molecular formula is C42H47N7O. The maximum absolute atomic E-state index is 9.96. The second-order valence-electron chi connectivity index (χ2n) is 13.7. The first kappa shape index (κ1) is 33.6. The van der Waals surface area contributed by atoms with Crippen molar-refractivity contribution in [2.45, 2.75) is 59.2 Å². The van der Waals surface area contributed by atoms with Gasteiger partial charge in [0.25, 0.3) is 0 Å². The number of β-amino-alcohol motifs (C(OH)–C–C–N with tert-alkyl or cyclic N) is 1. The van der Waals surface area contributed by atoms with Gasteiger partial charge in [0.05, 0.1) is 17.5 Å². The molecule has 2 fully saturated rings. The van der Waals surface area contributed by atoms with E-state index in [-0.39, 0.29) is 6.10 Å². The molecule has 3 aromatic heterocycles. The summed E-state index contributed by atoms with van der Waals surface area (Å²) in [6.45, 7) is 16.4. The van der Waals surface area contributed by atoms with Crippen molar-refractivity contribution in [1.82, 2.24) is 24.8 Å². The average molecular weight is 666 g/mol. The number of hydrogen-bond acceptors (Lipinski definition) is 8. The molecule has 256 valence electrons. The Morgan fingerprint density at radius 3 is 2.32 bits per heavy atom. The number of benzene rings is 2. The number of aromatic nitrogens is 3. The van der Waals surface area contributed by atoms with Crippen LogP contribution in [0, 0.1) is 13.8 Å². The highest BCUT2D eigenvalue weighted by Gasteiger charge is 2.21. The van der Waals surface area contributed by atoms with Gasteiger partial charge in [-0.15, -0.1) is 0 Å². The van der Waals surface area contributed by atoms with E-state index in [1.165, 1.54) is 31.5 Å². The molecule has 2 aromatic carbocycles. The molecule has 0 radical (unpaired) electrons. The van der Waals surface area contributed by atoms with Crippen LogP contribution in [-0.4, -0.2) is 62.1 Å². The predicted molar refractivity (Wildman–Crippen MR) is 206 cm³/mol. The van der Waals surface area contributed by atoms with Crippen molar-refractivity contribution < 1.29 is 5.11 Å². The molecule has 0 amide bonds. The van der Waals surface area contributed by atoms with Crippen LogP contribution in [0.15, 0.2) is 85.8 Å². The van der Waals surface area contributed by atoms with E-state index < -0.39 is 0 Å². The third-order valence-corrected chi connectivity index (χ3v) is 10.0. The lowest BCUT2D eigenvalue weighted by molar-refractivity contribution is 0.174.